The first-order valence-corrected chi connectivity index (χ1v) is 9.48. The Labute approximate surface area is 152 Å². The average molecular weight is 366 g/mol. The maximum absolute atomic E-state index is 12.5. The van der Waals surface area contributed by atoms with Gasteiger partial charge in [0.1, 0.15) is 0 Å². The minimum Gasteiger partial charge on any atom is -0.322 e. The van der Waals surface area contributed by atoms with E-state index in [1.807, 2.05) is 25.1 Å². The summed E-state index contributed by atoms with van der Waals surface area (Å²) < 4.78 is 27.6. The first-order chi connectivity index (χ1) is 12.4. The van der Waals surface area contributed by atoms with E-state index in [0.717, 1.165) is 5.56 Å². The van der Waals surface area contributed by atoms with Crippen LogP contribution in [0.2, 0.25) is 0 Å². The summed E-state index contributed by atoms with van der Waals surface area (Å²) >= 11 is 0. The third-order valence-electron chi connectivity index (χ3n) is 3.71. The molecule has 132 valence electrons. The lowest BCUT2D eigenvalue weighted by Gasteiger charge is -2.10. The van der Waals surface area contributed by atoms with E-state index < -0.39 is 10.0 Å². The molecule has 0 aliphatic heterocycles. The molecule has 26 heavy (non-hydrogen) atoms. The van der Waals surface area contributed by atoms with Gasteiger partial charge < -0.3 is 5.32 Å². The van der Waals surface area contributed by atoms with Gasteiger partial charge in [0.2, 0.25) is 0 Å². The van der Waals surface area contributed by atoms with Crippen molar-refractivity contribution in [1.29, 1.82) is 0 Å². The van der Waals surface area contributed by atoms with Crippen LogP contribution in [0.15, 0.2) is 83.8 Å². The zero-order chi connectivity index (χ0) is 18.6. The van der Waals surface area contributed by atoms with E-state index in [2.05, 4.69) is 10.0 Å². The minimum absolute atomic E-state index is 0.0262. The number of para-hydroxylation sites is 1. The molecule has 0 heterocycles. The number of aryl methyl sites for hydroxylation is 1. The quantitative estimate of drug-likeness (QED) is 0.715. The lowest BCUT2D eigenvalue weighted by Crippen LogP contribution is -2.16. The second-order valence-electron chi connectivity index (χ2n) is 5.82. The predicted octanol–water partition coefficient (Wildman–Crippen LogP) is 4.05. The van der Waals surface area contributed by atoms with Crippen molar-refractivity contribution >= 4 is 27.3 Å². The van der Waals surface area contributed by atoms with Crippen molar-refractivity contribution in [1.82, 2.24) is 0 Å². The Morgan fingerprint density at radius 1 is 0.808 bits per heavy atom. The summed E-state index contributed by atoms with van der Waals surface area (Å²) in [6, 6.07) is 21.9. The summed E-state index contributed by atoms with van der Waals surface area (Å²) in [5.41, 5.74) is 2.40. The van der Waals surface area contributed by atoms with Crippen molar-refractivity contribution in [3.63, 3.8) is 0 Å². The number of carbonyl (C=O) groups excluding carboxylic acids is 1. The van der Waals surface area contributed by atoms with E-state index in [4.69, 9.17) is 0 Å². The second-order valence-corrected chi connectivity index (χ2v) is 7.51. The molecule has 0 aliphatic carbocycles. The SMILES string of the molecule is Cc1cccc(NC(=O)c2cccc(S(=O)(=O)Nc3ccccc3)c2)c1. The molecule has 5 nitrogen and oxygen atoms in total. The Bertz CT molecular complexity index is 1030. The highest BCUT2D eigenvalue weighted by Gasteiger charge is 2.16. The summed E-state index contributed by atoms with van der Waals surface area (Å²) in [5.74, 6) is -0.368. The lowest BCUT2D eigenvalue weighted by atomic mass is 10.2. The summed E-state index contributed by atoms with van der Waals surface area (Å²) in [4.78, 5) is 12.5. The summed E-state index contributed by atoms with van der Waals surface area (Å²) in [6.07, 6.45) is 0. The molecule has 0 spiro atoms. The Morgan fingerprint density at radius 3 is 2.23 bits per heavy atom. The van der Waals surface area contributed by atoms with Crippen molar-refractivity contribution in [3.8, 4) is 0 Å². The van der Waals surface area contributed by atoms with Gasteiger partial charge in [-0.05, 0) is 55.0 Å². The van der Waals surface area contributed by atoms with Gasteiger partial charge in [0.05, 0.1) is 4.90 Å². The van der Waals surface area contributed by atoms with Crippen LogP contribution >= 0.6 is 0 Å². The summed E-state index contributed by atoms with van der Waals surface area (Å²) in [5, 5.41) is 2.77. The molecule has 0 saturated carbocycles. The van der Waals surface area contributed by atoms with Gasteiger partial charge in [0, 0.05) is 16.9 Å². The van der Waals surface area contributed by atoms with Crippen molar-refractivity contribution in [2.24, 2.45) is 0 Å². The zero-order valence-corrected chi connectivity index (χ0v) is 15.0. The van der Waals surface area contributed by atoms with Crippen molar-refractivity contribution in [2.45, 2.75) is 11.8 Å². The van der Waals surface area contributed by atoms with Crippen molar-refractivity contribution in [3.05, 3.63) is 90.0 Å². The third-order valence-corrected chi connectivity index (χ3v) is 5.09. The fourth-order valence-corrected chi connectivity index (χ4v) is 3.55. The number of sulfonamides is 1. The Balaban J connectivity index is 1.82. The van der Waals surface area contributed by atoms with Crippen LogP contribution in [0.1, 0.15) is 15.9 Å². The van der Waals surface area contributed by atoms with E-state index in [1.165, 1.54) is 12.1 Å². The number of hydrogen-bond donors (Lipinski definition) is 2. The molecule has 3 rings (SSSR count). The van der Waals surface area contributed by atoms with Crippen molar-refractivity contribution in [2.75, 3.05) is 10.0 Å². The molecule has 0 saturated heterocycles. The molecule has 0 radical (unpaired) electrons. The lowest BCUT2D eigenvalue weighted by molar-refractivity contribution is 0.102. The highest BCUT2D eigenvalue weighted by molar-refractivity contribution is 7.92. The standard InChI is InChI=1S/C20H18N2O3S/c1-15-7-5-11-18(13-15)21-20(23)16-8-6-12-19(14-16)26(24,25)22-17-9-3-2-4-10-17/h2-14,22H,1H3,(H,21,23). The van der Waals surface area contributed by atoms with Gasteiger partial charge in [-0.15, -0.1) is 0 Å². The maximum Gasteiger partial charge on any atom is 0.261 e. The maximum atomic E-state index is 12.5. The van der Waals surface area contributed by atoms with E-state index >= 15 is 0 Å². The van der Waals surface area contributed by atoms with Gasteiger partial charge in [0.15, 0.2) is 0 Å². The molecule has 0 fully saturated rings. The fourth-order valence-electron chi connectivity index (χ4n) is 2.45. The van der Waals surface area contributed by atoms with Gasteiger partial charge in [-0.3, -0.25) is 9.52 Å². The number of amides is 1. The number of carbonyl (C=O) groups is 1. The molecule has 3 aromatic rings. The molecule has 1 amide bonds. The topological polar surface area (TPSA) is 75.3 Å². The molecule has 3 aromatic carbocycles. The van der Waals surface area contributed by atoms with Gasteiger partial charge in [0.25, 0.3) is 15.9 Å². The average Bonchev–Trinajstić information content (AvgIpc) is 2.62. The number of anilines is 2. The number of rotatable bonds is 5. The van der Waals surface area contributed by atoms with E-state index in [9.17, 15) is 13.2 Å². The minimum atomic E-state index is -3.78. The number of nitrogens with one attached hydrogen (secondary N) is 2. The Hall–Kier alpha value is -3.12. The summed E-state index contributed by atoms with van der Waals surface area (Å²) in [6.45, 7) is 1.93. The van der Waals surface area contributed by atoms with E-state index in [-0.39, 0.29) is 16.4 Å². The highest BCUT2D eigenvalue weighted by atomic mass is 32.2. The predicted molar refractivity (Wildman–Crippen MR) is 103 cm³/mol. The van der Waals surface area contributed by atoms with Crippen LogP contribution in [0.5, 0.6) is 0 Å². The Morgan fingerprint density at radius 2 is 1.50 bits per heavy atom. The van der Waals surface area contributed by atoms with Crippen LogP contribution in [0.3, 0.4) is 0 Å². The molecule has 2 N–H and O–H groups in total. The third kappa shape index (κ3) is 4.29. The molecular formula is C20H18N2O3S. The van der Waals surface area contributed by atoms with E-state index in [0.29, 0.717) is 11.4 Å². The highest BCUT2D eigenvalue weighted by Crippen LogP contribution is 2.18. The normalized spacial score (nSPS) is 11.0. The van der Waals surface area contributed by atoms with Gasteiger partial charge in [-0.25, -0.2) is 8.42 Å². The van der Waals surface area contributed by atoms with Gasteiger partial charge >= 0.3 is 0 Å². The number of hydrogen-bond acceptors (Lipinski definition) is 3. The van der Waals surface area contributed by atoms with Gasteiger partial charge in [-0.2, -0.15) is 0 Å². The molecule has 0 aliphatic rings. The second kappa shape index (κ2) is 7.41. The van der Waals surface area contributed by atoms with Crippen LogP contribution in [0.4, 0.5) is 11.4 Å². The van der Waals surface area contributed by atoms with Crippen LogP contribution in [0.25, 0.3) is 0 Å². The van der Waals surface area contributed by atoms with Crippen LogP contribution in [0, 0.1) is 6.92 Å². The first kappa shape index (κ1) is 17.7. The molecule has 6 heteroatoms. The van der Waals surface area contributed by atoms with Crippen LogP contribution < -0.4 is 10.0 Å². The van der Waals surface area contributed by atoms with Gasteiger partial charge in [-0.1, -0.05) is 36.4 Å². The van der Waals surface area contributed by atoms with Crippen molar-refractivity contribution < 1.29 is 13.2 Å². The molecular weight excluding hydrogens is 348 g/mol. The number of benzene rings is 3. The summed E-state index contributed by atoms with van der Waals surface area (Å²) in [7, 11) is -3.78. The largest absolute Gasteiger partial charge is 0.322 e. The Kier molecular flexibility index (Phi) is 5.04. The molecule has 0 bridgehead atoms. The molecule has 0 atom stereocenters. The fraction of sp³-hybridized carbons (Fsp3) is 0.0500. The first-order valence-electron chi connectivity index (χ1n) is 8.00. The molecule has 0 unspecified atom stereocenters. The monoisotopic (exact) mass is 366 g/mol. The zero-order valence-electron chi connectivity index (χ0n) is 14.1. The van der Waals surface area contributed by atoms with Crippen LogP contribution in [-0.4, -0.2) is 14.3 Å². The van der Waals surface area contributed by atoms with Crippen LogP contribution in [-0.2, 0) is 10.0 Å². The smallest absolute Gasteiger partial charge is 0.261 e. The van der Waals surface area contributed by atoms with E-state index in [1.54, 1.807) is 48.5 Å². The molecule has 0 aromatic heterocycles.